The molecule has 0 aliphatic carbocycles. The normalized spacial score (nSPS) is 11.8. The molecule has 0 bridgehead atoms. The SMILES string of the molecule is Cc1cccc(NC(=S)C(=C([O-])c2ccc(Cl)s2)[n+]2cccc(C)c2)c1. The molecule has 3 nitrogen and oxygen atoms in total. The van der Waals surface area contributed by atoms with Gasteiger partial charge in [0.1, 0.15) is 0 Å². The number of anilines is 1. The Balaban J connectivity index is 2.07. The van der Waals surface area contributed by atoms with Crippen LogP contribution < -0.4 is 15.0 Å². The maximum atomic E-state index is 13.1. The molecule has 3 rings (SSSR count). The fraction of sp³-hybridized carbons (Fsp3) is 0.100. The van der Waals surface area contributed by atoms with Gasteiger partial charge in [-0.1, -0.05) is 36.0 Å². The van der Waals surface area contributed by atoms with Crippen molar-refractivity contribution in [3.63, 3.8) is 0 Å². The number of nitrogens with zero attached hydrogens (tertiary/aromatic N) is 1. The molecule has 2 aromatic heterocycles. The van der Waals surface area contributed by atoms with E-state index in [2.05, 4.69) is 5.32 Å². The summed E-state index contributed by atoms with van der Waals surface area (Å²) in [5.41, 5.74) is 3.38. The third-order valence-corrected chi connectivity index (χ3v) is 5.24. The van der Waals surface area contributed by atoms with E-state index in [9.17, 15) is 5.11 Å². The maximum Gasteiger partial charge on any atom is 0.239 e. The summed E-state index contributed by atoms with van der Waals surface area (Å²) < 4.78 is 2.33. The lowest BCUT2D eigenvalue weighted by Crippen LogP contribution is -2.40. The number of halogens is 1. The van der Waals surface area contributed by atoms with Crippen LogP contribution >= 0.6 is 35.2 Å². The van der Waals surface area contributed by atoms with Crippen molar-refractivity contribution in [3.05, 3.63) is 81.3 Å². The van der Waals surface area contributed by atoms with Gasteiger partial charge in [-0.25, -0.2) is 0 Å². The van der Waals surface area contributed by atoms with E-state index in [4.69, 9.17) is 23.8 Å². The van der Waals surface area contributed by atoms with E-state index in [1.165, 1.54) is 11.3 Å². The molecule has 2 heterocycles. The highest BCUT2D eigenvalue weighted by Gasteiger charge is 2.20. The standard InChI is InChI=1S/C20H17ClN2OS2/c1-13-5-3-7-15(11-13)22-20(25)18(23-10-4-6-14(2)12-23)19(24)16-8-9-17(21)26-16/h3-12H,1-2H3,(H-,22,24,25). The molecule has 3 aromatic rings. The van der Waals surface area contributed by atoms with Crippen molar-refractivity contribution in [3.8, 4) is 0 Å². The van der Waals surface area contributed by atoms with E-state index in [0.717, 1.165) is 16.8 Å². The Kier molecular flexibility index (Phi) is 5.71. The van der Waals surface area contributed by atoms with Crippen LogP contribution in [-0.4, -0.2) is 4.99 Å². The van der Waals surface area contributed by atoms with Crippen molar-refractivity contribution in [2.45, 2.75) is 13.8 Å². The number of rotatable bonds is 4. The van der Waals surface area contributed by atoms with Crippen molar-refractivity contribution in [1.82, 2.24) is 0 Å². The largest absolute Gasteiger partial charge is 0.867 e. The molecule has 26 heavy (non-hydrogen) atoms. The van der Waals surface area contributed by atoms with Gasteiger partial charge < -0.3 is 10.4 Å². The van der Waals surface area contributed by atoms with Crippen LogP contribution in [0, 0.1) is 13.8 Å². The lowest BCUT2D eigenvalue weighted by molar-refractivity contribution is -0.578. The van der Waals surface area contributed by atoms with Gasteiger partial charge in [0.15, 0.2) is 17.4 Å². The minimum Gasteiger partial charge on any atom is -0.867 e. The molecule has 0 saturated heterocycles. The molecule has 0 atom stereocenters. The van der Waals surface area contributed by atoms with Crippen LogP contribution in [0.3, 0.4) is 0 Å². The molecule has 1 aromatic carbocycles. The van der Waals surface area contributed by atoms with E-state index >= 15 is 0 Å². The Bertz CT molecular complexity index is 995. The number of aromatic nitrogens is 1. The number of hydrogen-bond acceptors (Lipinski definition) is 3. The van der Waals surface area contributed by atoms with Gasteiger partial charge in [-0.05, 0) is 55.5 Å². The molecule has 0 saturated carbocycles. The molecule has 0 fully saturated rings. The van der Waals surface area contributed by atoms with Crippen molar-refractivity contribution in [2.24, 2.45) is 0 Å². The summed E-state index contributed by atoms with van der Waals surface area (Å²) >= 11 is 12.8. The Labute approximate surface area is 167 Å². The van der Waals surface area contributed by atoms with E-state index in [1.807, 2.05) is 62.6 Å². The second-order valence-corrected chi connectivity index (χ2v) is 8.02. The minimum atomic E-state index is -0.164. The second kappa shape index (κ2) is 7.99. The lowest BCUT2D eigenvalue weighted by Gasteiger charge is -2.16. The van der Waals surface area contributed by atoms with Gasteiger partial charge in [0.05, 0.1) is 4.34 Å². The first-order chi connectivity index (χ1) is 12.4. The highest BCUT2D eigenvalue weighted by atomic mass is 35.5. The van der Waals surface area contributed by atoms with Crippen molar-refractivity contribution >= 4 is 57.3 Å². The monoisotopic (exact) mass is 400 g/mol. The number of pyridine rings is 1. The molecule has 0 amide bonds. The zero-order chi connectivity index (χ0) is 18.7. The Hall–Kier alpha value is -2.21. The zero-order valence-electron chi connectivity index (χ0n) is 14.3. The molecule has 0 spiro atoms. The third kappa shape index (κ3) is 4.30. The topological polar surface area (TPSA) is 39.0 Å². The molecule has 0 aliphatic rings. The molecular weight excluding hydrogens is 384 g/mol. The Morgan fingerprint density at radius 3 is 2.54 bits per heavy atom. The summed E-state index contributed by atoms with van der Waals surface area (Å²) in [5, 5.41) is 16.3. The molecule has 132 valence electrons. The van der Waals surface area contributed by atoms with Gasteiger partial charge in [0, 0.05) is 22.2 Å². The Morgan fingerprint density at radius 2 is 1.88 bits per heavy atom. The van der Waals surface area contributed by atoms with Crippen LogP contribution in [0.1, 0.15) is 16.0 Å². The lowest BCUT2D eigenvalue weighted by atomic mass is 10.2. The molecule has 0 radical (unpaired) electrons. The van der Waals surface area contributed by atoms with E-state index in [1.54, 1.807) is 16.7 Å². The first-order valence-electron chi connectivity index (χ1n) is 7.97. The highest BCUT2D eigenvalue weighted by Crippen LogP contribution is 2.27. The Morgan fingerprint density at radius 1 is 1.12 bits per heavy atom. The average Bonchev–Trinajstić information content (AvgIpc) is 3.01. The third-order valence-electron chi connectivity index (χ3n) is 3.71. The van der Waals surface area contributed by atoms with Gasteiger partial charge in [-0.3, -0.25) is 0 Å². The number of aryl methyl sites for hydroxylation is 2. The van der Waals surface area contributed by atoms with E-state index < -0.39 is 0 Å². The van der Waals surface area contributed by atoms with Crippen LogP contribution in [0.25, 0.3) is 11.5 Å². The first kappa shape index (κ1) is 18.6. The fourth-order valence-corrected chi connectivity index (χ4v) is 3.84. The molecule has 6 heteroatoms. The molecular formula is C20H17ClN2OS2. The summed E-state index contributed by atoms with van der Waals surface area (Å²) in [6, 6.07) is 15.2. The molecule has 0 unspecified atom stereocenters. The van der Waals surface area contributed by atoms with Crippen molar-refractivity contribution in [1.29, 1.82) is 0 Å². The van der Waals surface area contributed by atoms with Crippen LogP contribution in [-0.2, 0) is 0 Å². The van der Waals surface area contributed by atoms with Crippen molar-refractivity contribution in [2.75, 3.05) is 5.32 Å². The summed E-state index contributed by atoms with van der Waals surface area (Å²) in [6.45, 7) is 3.98. The van der Waals surface area contributed by atoms with Crippen LogP contribution in [0.4, 0.5) is 5.69 Å². The van der Waals surface area contributed by atoms with Gasteiger partial charge in [-0.2, -0.15) is 4.57 Å². The first-order valence-corrected chi connectivity index (χ1v) is 9.57. The number of nitrogens with one attached hydrogen (secondary N) is 1. The molecule has 0 aliphatic heterocycles. The number of benzene rings is 1. The van der Waals surface area contributed by atoms with Crippen LogP contribution in [0.2, 0.25) is 4.34 Å². The number of hydrogen-bond donors (Lipinski definition) is 1. The van der Waals surface area contributed by atoms with E-state index in [-0.39, 0.29) is 5.76 Å². The highest BCUT2D eigenvalue weighted by molar-refractivity contribution is 7.81. The predicted molar refractivity (Wildman–Crippen MR) is 111 cm³/mol. The number of thiophene rings is 1. The predicted octanol–water partition coefficient (Wildman–Crippen LogP) is 4.43. The summed E-state index contributed by atoms with van der Waals surface area (Å²) in [6.07, 6.45) is 3.70. The summed E-state index contributed by atoms with van der Waals surface area (Å²) in [5.74, 6) is -0.164. The number of thiocarbonyl (C=S) groups is 1. The minimum absolute atomic E-state index is 0.164. The van der Waals surface area contributed by atoms with E-state index in [0.29, 0.717) is 19.9 Å². The van der Waals surface area contributed by atoms with Crippen LogP contribution in [0.15, 0.2) is 60.9 Å². The average molecular weight is 401 g/mol. The van der Waals surface area contributed by atoms with Gasteiger partial charge >= 0.3 is 0 Å². The van der Waals surface area contributed by atoms with Crippen molar-refractivity contribution < 1.29 is 9.67 Å². The second-order valence-electron chi connectivity index (χ2n) is 5.89. The quantitative estimate of drug-likeness (QED) is 0.305. The maximum absolute atomic E-state index is 13.1. The van der Waals surface area contributed by atoms with Gasteiger partial charge in [0.2, 0.25) is 5.70 Å². The van der Waals surface area contributed by atoms with Gasteiger partial charge in [0.25, 0.3) is 0 Å². The fourth-order valence-electron chi connectivity index (χ4n) is 2.54. The van der Waals surface area contributed by atoms with Crippen LogP contribution in [0.5, 0.6) is 0 Å². The summed E-state index contributed by atoms with van der Waals surface area (Å²) in [4.78, 5) is 0.910. The molecule has 1 N–H and O–H groups in total. The smallest absolute Gasteiger partial charge is 0.239 e. The zero-order valence-corrected chi connectivity index (χ0v) is 16.7. The summed E-state index contributed by atoms with van der Waals surface area (Å²) in [7, 11) is 0. The van der Waals surface area contributed by atoms with Gasteiger partial charge in [-0.15, -0.1) is 11.3 Å².